The Morgan fingerprint density at radius 1 is 0.720 bits per heavy atom. The molecule has 1 atom stereocenters. The Morgan fingerprint density at radius 2 is 1.12 bits per heavy atom. The molecule has 0 aliphatic rings. The molecule has 0 bridgehead atoms. The van der Waals surface area contributed by atoms with Gasteiger partial charge < -0.3 is 10.6 Å². The van der Waals surface area contributed by atoms with Crippen molar-refractivity contribution in [2.75, 3.05) is 19.6 Å². The van der Waals surface area contributed by atoms with Crippen LogP contribution in [-0.4, -0.2) is 47.2 Å². The molecule has 25 heavy (non-hydrogen) atoms. The van der Waals surface area contributed by atoms with Gasteiger partial charge in [-0.2, -0.15) is 0 Å². The van der Waals surface area contributed by atoms with E-state index in [-0.39, 0.29) is 22.0 Å². The topological polar surface area (TPSA) is 27.3 Å². The van der Waals surface area contributed by atoms with Crippen LogP contribution in [-0.2, 0) is 0 Å². The van der Waals surface area contributed by atoms with Crippen LogP contribution in [0.15, 0.2) is 0 Å². The zero-order valence-electron chi connectivity index (χ0n) is 19.6. The minimum absolute atomic E-state index is 0.191. The van der Waals surface area contributed by atoms with Crippen LogP contribution < -0.4 is 10.6 Å². The van der Waals surface area contributed by atoms with Crippen molar-refractivity contribution < 1.29 is 0 Å². The average molecular weight is 356 g/mol. The molecule has 0 rings (SSSR count). The van der Waals surface area contributed by atoms with E-state index >= 15 is 0 Å². The van der Waals surface area contributed by atoms with Gasteiger partial charge in [-0.05, 0) is 100 Å². The van der Waals surface area contributed by atoms with E-state index in [1.165, 1.54) is 12.8 Å². The highest BCUT2D eigenvalue weighted by Gasteiger charge is 2.37. The van der Waals surface area contributed by atoms with E-state index in [0.717, 1.165) is 19.6 Å². The maximum absolute atomic E-state index is 3.65. The molecule has 0 aromatic heterocycles. The average Bonchev–Trinajstić information content (AvgIpc) is 2.35. The van der Waals surface area contributed by atoms with Crippen molar-refractivity contribution in [3.8, 4) is 0 Å². The van der Waals surface area contributed by atoms with Gasteiger partial charge >= 0.3 is 0 Å². The lowest BCUT2D eigenvalue weighted by Crippen LogP contribution is -2.55. The van der Waals surface area contributed by atoms with Crippen LogP contribution in [0.1, 0.15) is 95.9 Å². The van der Waals surface area contributed by atoms with Crippen LogP contribution >= 0.6 is 0 Å². The molecule has 0 aromatic rings. The molecule has 0 spiro atoms. The number of nitrogens with one attached hydrogen (secondary N) is 2. The summed E-state index contributed by atoms with van der Waals surface area (Å²) < 4.78 is 0. The van der Waals surface area contributed by atoms with Crippen molar-refractivity contribution in [2.45, 2.75) is 119 Å². The fourth-order valence-corrected chi connectivity index (χ4v) is 3.50. The minimum Gasteiger partial charge on any atom is -0.312 e. The first-order valence-corrected chi connectivity index (χ1v) is 10.3. The van der Waals surface area contributed by atoms with Crippen LogP contribution in [0.25, 0.3) is 0 Å². The van der Waals surface area contributed by atoms with Gasteiger partial charge in [0, 0.05) is 22.7 Å². The van der Waals surface area contributed by atoms with Crippen molar-refractivity contribution in [1.29, 1.82) is 0 Å². The third kappa shape index (κ3) is 9.96. The number of hydrogen-bond donors (Lipinski definition) is 2. The fourth-order valence-electron chi connectivity index (χ4n) is 3.50. The molecule has 0 amide bonds. The summed E-state index contributed by atoms with van der Waals surface area (Å²) in [5.74, 6) is 0. The van der Waals surface area contributed by atoms with E-state index in [1.54, 1.807) is 0 Å². The largest absolute Gasteiger partial charge is 0.312 e. The Bertz CT molecular complexity index is 372. The summed E-state index contributed by atoms with van der Waals surface area (Å²) in [6.07, 6.45) is 2.36. The highest BCUT2D eigenvalue weighted by molar-refractivity contribution is 4.92. The van der Waals surface area contributed by atoms with Crippen molar-refractivity contribution in [2.24, 2.45) is 5.41 Å². The minimum atomic E-state index is 0.191. The van der Waals surface area contributed by atoms with E-state index in [0.29, 0.717) is 6.04 Å². The Balaban J connectivity index is 4.86. The van der Waals surface area contributed by atoms with Gasteiger partial charge in [0.15, 0.2) is 0 Å². The Labute approximate surface area is 159 Å². The second-order valence-electron chi connectivity index (χ2n) is 11.1. The van der Waals surface area contributed by atoms with E-state index in [2.05, 4.69) is 98.6 Å². The summed E-state index contributed by atoms with van der Waals surface area (Å²) >= 11 is 0. The number of nitrogens with zero attached hydrogens (tertiary/aromatic N) is 1. The highest BCUT2D eigenvalue weighted by Crippen LogP contribution is 2.34. The molecule has 3 heteroatoms. The maximum atomic E-state index is 3.65. The zero-order valence-corrected chi connectivity index (χ0v) is 19.6. The van der Waals surface area contributed by atoms with Crippen molar-refractivity contribution in [3.63, 3.8) is 0 Å². The monoisotopic (exact) mass is 355 g/mol. The summed E-state index contributed by atoms with van der Waals surface area (Å²) in [6, 6.07) is 0.545. The fraction of sp³-hybridized carbons (Fsp3) is 1.00. The maximum Gasteiger partial charge on any atom is 0.0168 e. The number of hydrogen-bond acceptors (Lipinski definition) is 3. The normalized spacial score (nSPS) is 15.7. The summed E-state index contributed by atoms with van der Waals surface area (Å²) in [5, 5.41) is 7.30. The first-order valence-electron chi connectivity index (χ1n) is 10.3. The summed E-state index contributed by atoms with van der Waals surface area (Å²) in [5.41, 5.74) is 0.864. The first-order chi connectivity index (χ1) is 11.0. The summed E-state index contributed by atoms with van der Waals surface area (Å²) in [4.78, 5) is 2.70. The molecule has 2 N–H and O–H groups in total. The summed E-state index contributed by atoms with van der Waals surface area (Å²) in [6.45, 7) is 31.1. The highest BCUT2D eigenvalue weighted by atomic mass is 15.2. The molecule has 0 aromatic carbocycles. The van der Waals surface area contributed by atoms with Crippen LogP contribution in [0.2, 0.25) is 0 Å². The van der Waals surface area contributed by atoms with Crippen molar-refractivity contribution in [3.05, 3.63) is 0 Å². The van der Waals surface area contributed by atoms with Crippen molar-refractivity contribution in [1.82, 2.24) is 15.5 Å². The first kappa shape index (κ1) is 24.9. The number of rotatable bonds is 10. The third-order valence-corrected chi connectivity index (χ3v) is 5.53. The standard InChI is InChI=1S/C22H49N3/c1-13-25(22(11,12)15-17-24-20(6,7)8)18(2)21(9,10)14-16-23-19(3,4)5/h18,23-24H,13-17H2,1-12H3. The predicted octanol–water partition coefficient (Wildman–Crippen LogP) is 5.06. The van der Waals surface area contributed by atoms with Crippen molar-refractivity contribution >= 4 is 0 Å². The molecule has 152 valence electrons. The SMILES string of the molecule is CCN(C(C)C(C)(C)CCNC(C)(C)C)C(C)(C)CCNC(C)(C)C. The van der Waals surface area contributed by atoms with Gasteiger partial charge in [-0.1, -0.05) is 20.8 Å². The van der Waals surface area contributed by atoms with Crippen LogP contribution in [0.5, 0.6) is 0 Å². The van der Waals surface area contributed by atoms with Gasteiger partial charge in [-0.3, -0.25) is 4.90 Å². The van der Waals surface area contributed by atoms with Gasteiger partial charge in [0.2, 0.25) is 0 Å². The lowest BCUT2D eigenvalue weighted by atomic mass is 9.78. The Morgan fingerprint density at radius 3 is 1.48 bits per heavy atom. The smallest absolute Gasteiger partial charge is 0.0168 e. The molecule has 3 nitrogen and oxygen atoms in total. The molecule has 0 radical (unpaired) electrons. The van der Waals surface area contributed by atoms with E-state index < -0.39 is 0 Å². The van der Waals surface area contributed by atoms with Gasteiger partial charge in [-0.25, -0.2) is 0 Å². The van der Waals surface area contributed by atoms with Crippen LogP contribution in [0.3, 0.4) is 0 Å². The summed E-state index contributed by atoms with van der Waals surface area (Å²) in [7, 11) is 0. The second-order valence-corrected chi connectivity index (χ2v) is 11.1. The Kier molecular flexibility index (Phi) is 9.15. The molecular formula is C22H49N3. The second kappa shape index (κ2) is 9.19. The third-order valence-electron chi connectivity index (χ3n) is 5.53. The molecule has 0 heterocycles. The quantitative estimate of drug-likeness (QED) is 0.573. The van der Waals surface area contributed by atoms with Gasteiger partial charge in [0.1, 0.15) is 0 Å². The van der Waals surface area contributed by atoms with Crippen LogP contribution in [0, 0.1) is 5.41 Å². The molecule has 0 aliphatic carbocycles. The molecule has 0 saturated carbocycles. The van der Waals surface area contributed by atoms with Gasteiger partial charge in [0.05, 0.1) is 0 Å². The predicted molar refractivity (Wildman–Crippen MR) is 114 cm³/mol. The van der Waals surface area contributed by atoms with Gasteiger partial charge in [-0.15, -0.1) is 0 Å². The van der Waals surface area contributed by atoms with Crippen LogP contribution in [0.4, 0.5) is 0 Å². The molecule has 0 aliphatic heterocycles. The molecular weight excluding hydrogens is 306 g/mol. The lowest BCUT2D eigenvalue weighted by Gasteiger charge is -2.48. The molecule has 1 unspecified atom stereocenters. The lowest BCUT2D eigenvalue weighted by molar-refractivity contribution is 0.0112. The van der Waals surface area contributed by atoms with E-state index in [4.69, 9.17) is 0 Å². The molecule has 0 fully saturated rings. The molecule has 0 saturated heterocycles. The van der Waals surface area contributed by atoms with Gasteiger partial charge in [0.25, 0.3) is 0 Å². The van der Waals surface area contributed by atoms with E-state index in [1.807, 2.05) is 0 Å². The Hall–Kier alpha value is -0.120. The van der Waals surface area contributed by atoms with E-state index in [9.17, 15) is 0 Å². The zero-order chi connectivity index (χ0) is 20.1.